The highest BCUT2D eigenvalue weighted by Crippen LogP contribution is 2.10. The summed E-state index contributed by atoms with van der Waals surface area (Å²) in [6, 6.07) is 5.45. The molecule has 0 aliphatic carbocycles. The Hall–Kier alpha value is -2.15. The van der Waals surface area contributed by atoms with Crippen LogP contribution in [0.5, 0.6) is 0 Å². The summed E-state index contributed by atoms with van der Waals surface area (Å²) in [4.78, 5) is 23.5. The molecule has 0 aromatic heterocycles. The number of hydrogen-bond donors (Lipinski definition) is 2. The second kappa shape index (κ2) is 7.03. The molecule has 0 aliphatic heterocycles. The predicted molar refractivity (Wildman–Crippen MR) is 79.2 cm³/mol. The number of rotatable bonds is 4. The quantitative estimate of drug-likeness (QED) is 0.646. The monoisotopic (exact) mass is 310 g/mol. The number of carbonyl (C=O) groups excluding carboxylic acids is 2. The first kappa shape index (κ1) is 16.9. The van der Waals surface area contributed by atoms with E-state index in [1.165, 1.54) is 24.3 Å². The van der Waals surface area contributed by atoms with Crippen LogP contribution in [0.15, 0.2) is 40.8 Å². The van der Waals surface area contributed by atoms with Crippen molar-refractivity contribution in [1.29, 1.82) is 0 Å². The molecule has 2 N–H and O–H groups in total. The van der Waals surface area contributed by atoms with E-state index < -0.39 is 21.7 Å². The van der Waals surface area contributed by atoms with Gasteiger partial charge >= 0.3 is 0 Å². The second-order valence-electron chi connectivity index (χ2n) is 4.50. The van der Waals surface area contributed by atoms with Crippen molar-refractivity contribution in [3.8, 4) is 0 Å². The van der Waals surface area contributed by atoms with E-state index in [1.54, 1.807) is 13.0 Å². The topological polar surface area (TPSA) is 92.3 Å². The molecule has 0 saturated heterocycles. The lowest BCUT2D eigenvalue weighted by atomic mass is 10.2. The zero-order valence-electron chi connectivity index (χ0n) is 12.1. The molecule has 114 valence electrons. The van der Waals surface area contributed by atoms with Gasteiger partial charge in [-0.2, -0.15) is 0 Å². The zero-order chi connectivity index (χ0) is 16.0. The van der Waals surface area contributed by atoms with Crippen LogP contribution in [0, 0.1) is 0 Å². The molecule has 6 nitrogen and oxygen atoms in total. The third kappa shape index (κ3) is 5.03. The number of benzene rings is 1. The highest BCUT2D eigenvalue weighted by atomic mass is 32.2. The molecule has 0 spiro atoms. The summed E-state index contributed by atoms with van der Waals surface area (Å²) in [6.07, 6.45) is 3.55. The van der Waals surface area contributed by atoms with Crippen molar-refractivity contribution in [2.75, 3.05) is 6.26 Å². The van der Waals surface area contributed by atoms with Gasteiger partial charge in [0.1, 0.15) is 0 Å². The van der Waals surface area contributed by atoms with E-state index in [0.717, 1.165) is 12.7 Å². The first-order valence-electron chi connectivity index (χ1n) is 6.33. The lowest BCUT2D eigenvalue weighted by Gasteiger charge is -2.08. The summed E-state index contributed by atoms with van der Waals surface area (Å²) in [5, 5.41) is 0. The van der Waals surface area contributed by atoms with Crippen LogP contribution < -0.4 is 10.9 Å². The second-order valence-corrected chi connectivity index (χ2v) is 6.52. The van der Waals surface area contributed by atoms with E-state index in [1.807, 2.05) is 6.92 Å². The number of allylic oxidation sites excluding steroid dienone is 1. The van der Waals surface area contributed by atoms with E-state index in [-0.39, 0.29) is 10.5 Å². The van der Waals surface area contributed by atoms with Crippen LogP contribution in [0.25, 0.3) is 0 Å². The van der Waals surface area contributed by atoms with Crippen LogP contribution >= 0.6 is 0 Å². The Balaban J connectivity index is 2.69. The third-order valence-corrected chi connectivity index (χ3v) is 3.83. The van der Waals surface area contributed by atoms with Crippen LogP contribution in [0.4, 0.5) is 0 Å². The minimum absolute atomic E-state index is 0.129. The van der Waals surface area contributed by atoms with Crippen molar-refractivity contribution in [2.45, 2.75) is 25.2 Å². The van der Waals surface area contributed by atoms with Gasteiger partial charge < -0.3 is 0 Å². The molecular weight excluding hydrogens is 292 g/mol. The van der Waals surface area contributed by atoms with E-state index >= 15 is 0 Å². The molecule has 0 bridgehead atoms. The minimum Gasteiger partial charge on any atom is -0.268 e. The van der Waals surface area contributed by atoms with Crippen LogP contribution in [0.1, 0.15) is 30.6 Å². The summed E-state index contributed by atoms with van der Waals surface area (Å²) >= 11 is 0. The fourth-order valence-electron chi connectivity index (χ4n) is 1.54. The smallest absolute Gasteiger partial charge is 0.268 e. The molecule has 7 heteroatoms. The van der Waals surface area contributed by atoms with Gasteiger partial charge in [-0.3, -0.25) is 20.4 Å². The highest BCUT2D eigenvalue weighted by molar-refractivity contribution is 7.90. The lowest BCUT2D eigenvalue weighted by molar-refractivity contribution is -0.118. The van der Waals surface area contributed by atoms with Crippen LogP contribution in [0.3, 0.4) is 0 Å². The summed E-state index contributed by atoms with van der Waals surface area (Å²) < 4.78 is 22.6. The Kier molecular flexibility index (Phi) is 5.66. The highest BCUT2D eigenvalue weighted by Gasteiger charge is 2.11. The summed E-state index contributed by atoms with van der Waals surface area (Å²) in [5.74, 6) is -0.911. The summed E-state index contributed by atoms with van der Waals surface area (Å²) in [7, 11) is -3.30. The van der Waals surface area contributed by atoms with Gasteiger partial charge in [-0.25, -0.2) is 8.42 Å². The lowest BCUT2D eigenvalue weighted by Crippen LogP contribution is -2.42. The predicted octanol–water partition coefficient (Wildman–Crippen LogP) is 1.21. The summed E-state index contributed by atoms with van der Waals surface area (Å²) in [6.45, 7) is 3.55. The minimum atomic E-state index is -3.30. The third-order valence-electron chi connectivity index (χ3n) is 2.70. The molecule has 0 fully saturated rings. The normalized spacial score (nSPS) is 11.9. The molecular formula is C14H18N2O4S. The van der Waals surface area contributed by atoms with Crippen LogP contribution in [-0.4, -0.2) is 26.5 Å². The van der Waals surface area contributed by atoms with Gasteiger partial charge in [0.15, 0.2) is 9.84 Å². The SMILES string of the molecule is CC/C=C(/C)C(=O)NNC(=O)c1ccc(S(C)(=O)=O)cc1. The Morgan fingerprint density at radius 2 is 1.71 bits per heavy atom. The molecule has 0 aliphatic rings. The molecule has 2 amide bonds. The standard InChI is InChI=1S/C14H18N2O4S/c1-4-5-10(2)13(17)15-16-14(18)11-6-8-12(9-7-11)21(3,19)20/h5-9H,4H2,1-3H3,(H,15,17)(H,16,18)/b10-5-. The van der Waals surface area contributed by atoms with Crippen molar-refractivity contribution >= 4 is 21.7 Å². The molecule has 0 heterocycles. The van der Waals surface area contributed by atoms with Gasteiger partial charge in [-0.15, -0.1) is 0 Å². The average Bonchev–Trinajstić information content (AvgIpc) is 2.43. The Morgan fingerprint density at radius 3 is 2.19 bits per heavy atom. The van der Waals surface area contributed by atoms with Gasteiger partial charge in [-0.05, 0) is 37.6 Å². The first-order chi connectivity index (χ1) is 9.75. The molecule has 0 saturated carbocycles. The number of hydrogen-bond acceptors (Lipinski definition) is 4. The molecule has 1 aromatic carbocycles. The van der Waals surface area contributed by atoms with E-state index in [9.17, 15) is 18.0 Å². The van der Waals surface area contributed by atoms with E-state index in [4.69, 9.17) is 0 Å². The van der Waals surface area contributed by atoms with Crippen molar-refractivity contribution in [2.24, 2.45) is 0 Å². The van der Waals surface area contributed by atoms with Crippen molar-refractivity contribution < 1.29 is 18.0 Å². The van der Waals surface area contributed by atoms with Gasteiger partial charge in [0.2, 0.25) is 0 Å². The fraction of sp³-hybridized carbons (Fsp3) is 0.286. The summed E-state index contributed by atoms with van der Waals surface area (Å²) in [5.41, 5.74) is 5.31. The Morgan fingerprint density at radius 1 is 1.14 bits per heavy atom. The number of carbonyl (C=O) groups is 2. The van der Waals surface area contributed by atoms with Gasteiger partial charge in [0, 0.05) is 17.4 Å². The zero-order valence-corrected chi connectivity index (χ0v) is 13.0. The molecule has 1 aromatic rings. The number of hydrazine groups is 1. The average molecular weight is 310 g/mol. The van der Waals surface area contributed by atoms with Crippen LogP contribution in [-0.2, 0) is 14.6 Å². The maximum atomic E-state index is 11.8. The van der Waals surface area contributed by atoms with Gasteiger partial charge in [-0.1, -0.05) is 13.0 Å². The van der Waals surface area contributed by atoms with Crippen LogP contribution in [0.2, 0.25) is 0 Å². The molecule has 0 radical (unpaired) electrons. The first-order valence-corrected chi connectivity index (χ1v) is 8.22. The van der Waals surface area contributed by atoms with Gasteiger partial charge in [0.05, 0.1) is 4.90 Å². The van der Waals surface area contributed by atoms with Gasteiger partial charge in [0.25, 0.3) is 11.8 Å². The molecule has 21 heavy (non-hydrogen) atoms. The van der Waals surface area contributed by atoms with Crippen molar-refractivity contribution in [3.05, 3.63) is 41.5 Å². The largest absolute Gasteiger partial charge is 0.269 e. The number of amides is 2. The Labute approximate surface area is 124 Å². The van der Waals surface area contributed by atoms with E-state index in [2.05, 4.69) is 10.9 Å². The number of nitrogens with one attached hydrogen (secondary N) is 2. The maximum Gasteiger partial charge on any atom is 0.269 e. The molecule has 0 unspecified atom stereocenters. The van der Waals surface area contributed by atoms with Crippen molar-refractivity contribution in [1.82, 2.24) is 10.9 Å². The number of sulfone groups is 1. The fourth-order valence-corrected chi connectivity index (χ4v) is 2.17. The van der Waals surface area contributed by atoms with E-state index in [0.29, 0.717) is 5.57 Å². The molecule has 1 rings (SSSR count). The Bertz CT molecular complexity index is 661. The maximum absolute atomic E-state index is 11.8. The molecule has 0 atom stereocenters. The van der Waals surface area contributed by atoms with Crippen molar-refractivity contribution in [3.63, 3.8) is 0 Å².